The van der Waals surface area contributed by atoms with Gasteiger partial charge in [-0.25, -0.2) is 0 Å². The fourth-order valence-electron chi connectivity index (χ4n) is 3.09. The van der Waals surface area contributed by atoms with Crippen molar-refractivity contribution in [1.29, 1.82) is 0 Å². The number of nitrogens with one attached hydrogen (secondary N) is 2. The Hall–Kier alpha value is -1.28. The van der Waals surface area contributed by atoms with Gasteiger partial charge in [-0.05, 0) is 42.8 Å². The molecule has 136 valence electrons. The minimum Gasteiger partial charge on any atom is -0.363 e. The molecule has 25 heavy (non-hydrogen) atoms. The maximum Gasteiger partial charge on any atom is 0.191 e. The second-order valence-electron chi connectivity index (χ2n) is 6.27. The highest BCUT2D eigenvalue weighted by Gasteiger charge is 2.20. The Morgan fingerprint density at radius 3 is 2.68 bits per heavy atom. The summed E-state index contributed by atoms with van der Waals surface area (Å²) < 4.78 is 0. The number of rotatable bonds is 4. The molecule has 0 bridgehead atoms. The van der Waals surface area contributed by atoms with Crippen molar-refractivity contribution < 1.29 is 0 Å². The van der Waals surface area contributed by atoms with Crippen LogP contribution in [0.15, 0.2) is 46.8 Å². The average molecular weight is 470 g/mol. The Morgan fingerprint density at radius 1 is 1.24 bits per heavy atom. The highest BCUT2D eigenvalue weighted by molar-refractivity contribution is 14.0. The summed E-state index contributed by atoms with van der Waals surface area (Å²) in [7, 11) is 1.84. The van der Waals surface area contributed by atoms with E-state index < -0.39 is 0 Å². The fraction of sp³-hybridized carbons (Fsp3) is 0.421. The lowest BCUT2D eigenvalue weighted by Crippen LogP contribution is -2.48. The third-order valence-corrected chi connectivity index (χ3v) is 5.35. The number of nitrogens with zero attached hydrogens (tertiary/aromatic N) is 2. The molecule has 2 aromatic rings. The average Bonchev–Trinajstić information content (AvgIpc) is 3.14. The normalized spacial score (nSPS) is 15.6. The lowest BCUT2D eigenvalue weighted by atomic mass is 10.1. The number of aryl methyl sites for hydroxylation is 1. The maximum absolute atomic E-state index is 4.37. The van der Waals surface area contributed by atoms with Crippen molar-refractivity contribution in [1.82, 2.24) is 10.6 Å². The van der Waals surface area contributed by atoms with Gasteiger partial charge in [0.05, 0.1) is 5.00 Å². The van der Waals surface area contributed by atoms with Crippen LogP contribution in [0.1, 0.15) is 24.0 Å². The van der Waals surface area contributed by atoms with E-state index in [2.05, 4.69) is 69.2 Å². The first-order valence-corrected chi connectivity index (χ1v) is 9.44. The van der Waals surface area contributed by atoms with E-state index in [9.17, 15) is 0 Å². The summed E-state index contributed by atoms with van der Waals surface area (Å²) >= 11 is 1.83. The van der Waals surface area contributed by atoms with Crippen LogP contribution in [0.4, 0.5) is 5.00 Å². The summed E-state index contributed by atoms with van der Waals surface area (Å²) in [4.78, 5) is 6.85. The molecule has 1 aromatic heterocycles. The van der Waals surface area contributed by atoms with Gasteiger partial charge in [0.15, 0.2) is 5.96 Å². The molecule has 4 nitrogen and oxygen atoms in total. The molecule has 2 heterocycles. The van der Waals surface area contributed by atoms with Crippen molar-refractivity contribution in [3.8, 4) is 0 Å². The monoisotopic (exact) mass is 470 g/mol. The molecule has 1 saturated heterocycles. The van der Waals surface area contributed by atoms with Gasteiger partial charge in [0.2, 0.25) is 0 Å². The van der Waals surface area contributed by atoms with Gasteiger partial charge in [0, 0.05) is 32.7 Å². The van der Waals surface area contributed by atoms with Crippen LogP contribution < -0.4 is 15.5 Å². The van der Waals surface area contributed by atoms with Crippen LogP contribution >= 0.6 is 35.3 Å². The van der Waals surface area contributed by atoms with Crippen LogP contribution in [0.2, 0.25) is 0 Å². The number of anilines is 1. The quantitative estimate of drug-likeness (QED) is 0.403. The predicted molar refractivity (Wildman–Crippen MR) is 119 cm³/mol. The summed E-state index contributed by atoms with van der Waals surface area (Å²) in [5.74, 6) is 0.895. The smallest absolute Gasteiger partial charge is 0.191 e. The van der Waals surface area contributed by atoms with Gasteiger partial charge in [-0.3, -0.25) is 4.99 Å². The van der Waals surface area contributed by atoms with Crippen LogP contribution in [-0.4, -0.2) is 32.1 Å². The Kier molecular flexibility index (Phi) is 8.02. The highest BCUT2D eigenvalue weighted by atomic mass is 127. The van der Waals surface area contributed by atoms with E-state index in [1.165, 1.54) is 16.1 Å². The Morgan fingerprint density at radius 2 is 2.04 bits per heavy atom. The molecule has 1 aliphatic rings. The molecular weight excluding hydrogens is 443 g/mol. The second kappa shape index (κ2) is 10.0. The molecule has 1 fully saturated rings. The molecule has 6 heteroatoms. The van der Waals surface area contributed by atoms with Gasteiger partial charge in [-0.1, -0.05) is 29.8 Å². The lowest BCUT2D eigenvalue weighted by Gasteiger charge is -2.33. The van der Waals surface area contributed by atoms with E-state index in [1.54, 1.807) is 0 Å². The molecular formula is C19H27IN4S. The Balaban J connectivity index is 0.00000225. The van der Waals surface area contributed by atoms with Gasteiger partial charge in [-0.2, -0.15) is 0 Å². The first kappa shape index (κ1) is 20.0. The van der Waals surface area contributed by atoms with Crippen molar-refractivity contribution >= 4 is 46.3 Å². The summed E-state index contributed by atoms with van der Waals surface area (Å²) in [6.45, 7) is 5.13. The minimum absolute atomic E-state index is 0. The number of thiophene rings is 1. The third-order valence-electron chi connectivity index (χ3n) is 4.42. The van der Waals surface area contributed by atoms with Crippen LogP contribution in [0, 0.1) is 6.92 Å². The van der Waals surface area contributed by atoms with Gasteiger partial charge in [-0.15, -0.1) is 35.3 Å². The standard InChI is InChI=1S/C19H26N4S.HI/c1-15-5-3-6-16(13-15)14-21-19(20-2)22-17-8-10-23(11-9-17)18-7-4-12-24-18;/h3-7,12-13,17H,8-11,14H2,1-2H3,(H2,20,21,22);1H. The molecule has 1 aromatic carbocycles. The van der Waals surface area contributed by atoms with Gasteiger partial charge >= 0.3 is 0 Å². The molecule has 1 aliphatic heterocycles. The largest absolute Gasteiger partial charge is 0.363 e. The van der Waals surface area contributed by atoms with Crippen molar-refractivity contribution in [3.05, 3.63) is 52.9 Å². The molecule has 0 amide bonds. The molecule has 0 saturated carbocycles. The van der Waals surface area contributed by atoms with Crippen LogP contribution in [0.25, 0.3) is 0 Å². The van der Waals surface area contributed by atoms with Crippen LogP contribution in [0.5, 0.6) is 0 Å². The lowest BCUT2D eigenvalue weighted by molar-refractivity contribution is 0.463. The van der Waals surface area contributed by atoms with E-state index in [-0.39, 0.29) is 24.0 Å². The van der Waals surface area contributed by atoms with Crippen LogP contribution in [0.3, 0.4) is 0 Å². The number of benzene rings is 1. The zero-order chi connectivity index (χ0) is 16.8. The second-order valence-corrected chi connectivity index (χ2v) is 7.20. The van der Waals surface area contributed by atoms with E-state index in [0.29, 0.717) is 6.04 Å². The Labute approximate surface area is 171 Å². The highest BCUT2D eigenvalue weighted by Crippen LogP contribution is 2.24. The molecule has 0 aliphatic carbocycles. The van der Waals surface area contributed by atoms with E-state index >= 15 is 0 Å². The fourth-order valence-corrected chi connectivity index (χ4v) is 3.88. The number of guanidine groups is 1. The topological polar surface area (TPSA) is 39.7 Å². The maximum atomic E-state index is 4.37. The third kappa shape index (κ3) is 5.88. The van der Waals surface area contributed by atoms with Crippen molar-refractivity contribution in [3.63, 3.8) is 0 Å². The molecule has 3 rings (SSSR count). The van der Waals surface area contributed by atoms with Crippen molar-refractivity contribution in [2.45, 2.75) is 32.4 Å². The van der Waals surface area contributed by atoms with Gasteiger partial charge in [0.1, 0.15) is 0 Å². The zero-order valence-corrected chi connectivity index (χ0v) is 18.0. The first-order valence-electron chi connectivity index (χ1n) is 8.56. The zero-order valence-electron chi connectivity index (χ0n) is 14.9. The van der Waals surface area contributed by atoms with E-state index in [1.807, 2.05) is 18.4 Å². The summed E-state index contributed by atoms with van der Waals surface area (Å²) in [6.07, 6.45) is 2.28. The number of halogens is 1. The first-order chi connectivity index (χ1) is 11.7. The number of hydrogen-bond acceptors (Lipinski definition) is 3. The minimum atomic E-state index is 0. The molecule has 0 atom stereocenters. The van der Waals surface area contributed by atoms with E-state index in [0.717, 1.165) is 38.4 Å². The summed E-state index contributed by atoms with van der Waals surface area (Å²) in [5.41, 5.74) is 2.57. The number of aliphatic imine (C=N–C) groups is 1. The summed E-state index contributed by atoms with van der Waals surface area (Å²) in [5, 5.41) is 10.5. The van der Waals surface area contributed by atoms with Crippen molar-refractivity contribution in [2.24, 2.45) is 4.99 Å². The van der Waals surface area contributed by atoms with E-state index in [4.69, 9.17) is 0 Å². The molecule has 2 N–H and O–H groups in total. The van der Waals surface area contributed by atoms with Gasteiger partial charge in [0.25, 0.3) is 0 Å². The molecule has 0 radical (unpaired) electrons. The van der Waals surface area contributed by atoms with Crippen LogP contribution in [-0.2, 0) is 6.54 Å². The SMILES string of the molecule is CN=C(NCc1cccc(C)c1)NC1CCN(c2cccs2)CC1.I. The van der Waals surface area contributed by atoms with Gasteiger partial charge < -0.3 is 15.5 Å². The summed E-state index contributed by atoms with van der Waals surface area (Å²) in [6, 6.07) is 13.4. The number of hydrogen-bond donors (Lipinski definition) is 2. The molecule has 0 unspecified atom stereocenters. The number of piperidine rings is 1. The van der Waals surface area contributed by atoms with Crippen molar-refractivity contribution in [2.75, 3.05) is 25.0 Å². The Bertz CT molecular complexity index is 664. The molecule has 0 spiro atoms. The predicted octanol–water partition coefficient (Wildman–Crippen LogP) is 4.01.